The van der Waals surface area contributed by atoms with E-state index in [1.165, 1.54) is 18.4 Å². The van der Waals surface area contributed by atoms with Gasteiger partial charge in [-0.05, 0) is 42.7 Å². The lowest BCUT2D eigenvalue weighted by atomic mass is 9.98. The second-order valence-corrected chi connectivity index (χ2v) is 7.97. The number of benzene rings is 1. The van der Waals surface area contributed by atoms with Crippen LogP contribution >= 0.6 is 0 Å². The molecule has 1 N–H and O–H groups in total. The Bertz CT molecular complexity index is 621. The summed E-state index contributed by atoms with van der Waals surface area (Å²) in [5, 5.41) is 9.12. The number of hydrogen-bond donors (Lipinski definition) is 1. The van der Waals surface area contributed by atoms with Crippen molar-refractivity contribution < 1.29 is 14.7 Å². The Morgan fingerprint density at radius 2 is 1.44 bits per heavy atom. The van der Waals surface area contributed by atoms with Gasteiger partial charge in [0.2, 0.25) is 11.8 Å². The summed E-state index contributed by atoms with van der Waals surface area (Å²) in [5.41, 5.74) is 2.18. The Kier molecular flexibility index (Phi) is 7.27. The monoisotopic (exact) mass is 372 g/mol. The first-order valence-electron chi connectivity index (χ1n) is 10.4. The third-order valence-electron chi connectivity index (χ3n) is 5.88. The van der Waals surface area contributed by atoms with Crippen LogP contribution in [0.25, 0.3) is 0 Å². The van der Waals surface area contributed by atoms with Gasteiger partial charge in [-0.3, -0.25) is 9.59 Å². The van der Waals surface area contributed by atoms with Gasteiger partial charge in [-0.25, -0.2) is 0 Å². The molecule has 0 bridgehead atoms. The minimum Gasteiger partial charge on any atom is -0.392 e. The summed E-state index contributed by atoms with van der Waals surface area (Å²) >= 11 is 0. The van der Waals surface area contributed by atoms with E-state index in [4.69, 9.17) is 5.11 Å². The van der Waals surface area contributed by atoms with Crippen LogP contribution in [0.1, 0.15) is 56.1 Å². The third-order valence-corrected chi connectivity index (χ3v) is 5.88. The maximum Gasteiger partial charge on any atom is 0.223 e. The number of hydrogen-bond acceptors (Lipinski definition) is 3. The first-order chi connectivity index (χ1) is 13.2. The molecule has 5 nitrogen and oxygen atoms in total. The van der Waals surface area contributed by atoms with Crippen molar-refractivity contribution in [2.75, 3.05) is 26.2 Å². The quantitative estimate of drug-likeness (QED) is 0.835. The zero-order chi connectivity index (χ0) is 19.1. The lowest BCUT2D eigenvalue weighted by molar-refractivity contribution is -0.136. The Morgan fingerprint density at radius 3 is 2.07 bits per heavy atom. The van der Waals surface area contributed by atoms with E-state index in [-0.39, 0.29) is 18.4 Å². The zero-order valence-electron chi connectivity index (χ0n) is 16.2. The molecule has 1 aromatic rings. The summed E-state index contributed by atoms with van der Waals surface area (Å²) in [6.07, 6.45) is 7.27. The highest BCUT2D eigenvalue weighted by atomic mass is 16.3. The molecule has 2 fully saturated rings. The average Bonchev–Trinajstić information content (AvgIpc) is 2.98. The van der Waals surface area contributed by atoms with E-state index >= 15 is 0 Å². The van der Waals surface area contributed by atoms with Crippen molar-refractivity contribution in [1.82, 2.24) is 9.80 Å². The number of likely N-dealkylation sites (tertiary alicyclic amines) is 2. The number of amides is 2. The van der Waals surface area contributed by atoms with Gasteiger partial charge in [0.05, 0.1) is 6.61 Å². The number of rotatable bonds is 6. The molecule has 1 atom stereocenters. The zero-order valence-corrected chi connectivity index (χ0v) is 16.2. The molecular weight excluding hydrogens is 340 g/mol. The second kappa shape index (κ2) is 9.88. The van der Waals surface area contributed by atoms with Crippen LogP contribution in [-0.2, 0) is 22.6 Å². The van der Waals surface area contributed by atoms with E-state index in [2.05, 4.69) is 12.1 Å². The molecule has 0 aromatic heterocycles. The van der Waals surface area contributed by atoms with Gasteiger partial charge in [0, 0.05) is 39.0 Å². The number of nitrogens with zero attached hydrogens (tertiary/aromatic N) is 2. The highest BCUT2D eigenvalue weighted by Gasteiger charge is 2.27. The summed E-state index contributed by atoms with van der Waals surface area (Å²) in [7, 11) is 0. The van der Waals surface area contributed by atoms with Crippen LogP contribution < -0.4 is 0 Å². The van der Waals surface area contributed by atoms with Crippen LogP contribution in [0, 0.1) is 5.92 Å². The maximum absolute atomic E-state index is 12.5. The van der Waals surface area contributed by atoms with Gasteiger partial charge < -0.3 is 14.9 Å². The minimum atomic E-state index is 0.0716. The number of carbonyl (C=O) groups is 2. The van der Waals surface area contributed by atoms with Crippen molar-refractivity contribution >= 4 is 11.8 Å². The molecule has 5 heteroatoms. The first kappa shape index (κ1) is 19.9. The highest BCUT2D eigenvalue weighted by Crippen LogP contribution is 2.22. The summed E-state index contributed by atoms with van der Waals surface area (Å²) in [5.74, 6) is 0.747. The van der Waals surface area contributed by atoms with E-state index in [9.17, 15) is 9.59 Å². The van der Waals surface area contributed by atoms with Crippen molar-refractivity contribution in [1.29, 1.82) is 0 Å². The van der Waals surface area contributed by atoms with Crippen LogP contribution in [0.3, 0.4) is 0 Å². The fourth-order valence-electron chi connectivity index (χ4n) is 4.19. The van der Waals surface area contributed by atoms with Gasteiger partial charge in [0.15, 0.2) is 0 Å². The molecule has 148 valence electrons. The summed E-state index contributed by atoms with van der Waals surface area (Å²) < 4.78 is 0. The van der Waals surface area contributed by atoms with E-state index in [0.717, 1.165) is 57.4 Å². The van der Waals surface area contributed by atoms with Crippen LogP contribution in [0.15, 0.2) is 24.3 Å². The molecule has 2 amide bonds. The molecular formula is C22H32N2O3. The largest absolute Gasteiger partial charge is 0.392 e. The second-order valence-electron chi connectivity index (χ2n) is 7.97. The SMILES string of the molecule is O=C(CCC(=O)N1CCC(Cc2ccc(CO)cc2)C1)N1CCCCCC1. The average molecular weight is 373 g/mol. The summed E-state index contributed by atoms with van der Waals surface area (Å²) in [6.45, 7) is 3.37. The smallest absolute Gasteiger partial charge is 0.223 e. The first-order valence-corrected chi connectivity index (χ1v) is 10.4. The number of aliphatic hydroxyl groups excluding tert-OH is 1. The van der Waals surface area contributed by atoms with Gasteiger partial charge in [0.1, 0.15) is 0 Å². The van der Waals surface area contributed by atoms with Crippen molar-refractivity contribution in [3.8, 4) is 0 Å². The molecule has 1 unspecified atom stereocenters. The van der Waals surface area contributed by atoms with E-state index in [0.29, 0.717) is 18.8 Å². The predicted molar refractivity (Wildman–Crippen MR) is 105 cm³/mol. The van der Waals surface area contributed by atoms with Crippen LogP contribution in [0.4, 0.5) is 0 Å². The van der Waals surface area contributed by atoms with Gasteiger partial charge in [0.25, 0.3) is 0 Å². The van der Waals surface area contributed by atoms with Crippen molar-refractivity contribution in [3.63, 3.8) is 0 Å². The van der Waals surface area contributed by atoms with Crippen molar-refractivity contribution in [2.24, 2.45) is 5.92 Å². The Morgan fingerprint density at radius 1 is 0.852 bits per heavy atom. The molecule has 27 heavy (non-hydrogen) atoms. The molecule has 0 spiro atoms. The van der Waals surface area contributed by atoms with Crippen LogP contribution in [0.2, 0.25) is 0 Å². The van der Waals surface area contributed by atoms with E-state index < -0.39 is 0 Å². The highest BCUT2D eigenvalue weighted by molar-refractivity contribution is 5.84. The minimum absolute atomic E-state index is 0.0716. The Hall–Kier alpha value is -1.88. The van der Waals surface area contributed by atoms with Gasteiger partial charge in [-0.15, -0.1) is 0 Å². The van der Waals surface area contributed by atoms with Crippen LogP contribution in [0.5, 0.6) is 0 Å². The third kappa shape index (κ3) is 5.80. The normalized spacial score (nSPS) is 20.6. The molecule has 3 rings (SSSR count). The Balaban J connectivity index is 1.41. The molecule has 2 aliphatic rings. The molecule has 2 saturated heterocycles. The van der Waals surface area contributed by atoms with E-state index in [1.54, 1.807) is 0 Å². The topological polar surface area (TPSA) is 60.9 Å². The lowest BCUT2D eigenvalue weighted by Gasteiger charge is -2.21. The number of aliphatic hydroxyl groups is 1. The standard InChI is InChI=1S/C22H32N2O3/c25-17-19-7-5-18(6-8-19)15-20-11-14-24(16-20)22(27)10-9-21(26)23-12-3-1-2-4-13-23/h5-8,20,25H,1-4,9-17H2. The molecule has 2 aliphatic heterocycles. The van der Waals surface area contributed by atoms with Gasteiger partial charge in [-0.2, -0.15) is 0 Å². The molecule has 2 heterocycles. The lowest BCUT2D eigenvalue weighted by Crippen LogP contribution is -2.34. The van der Waals surface area contributed by atoms with Crippen molar-refractivity contribution in [3.05, 3.63) is 35.4 Å². The fourth-order valence-corrected chi connectivity index (χ4v) is 4.19. The van der Waals surface area contributed by atoms with Gasteiger partial charge >= 0.3 is 0 Å². The van der Waals surface area contributed by atoms with E-state index in [1.807, 2.05) is 21.9 Å². The predicted octanol–water partition coefficient (Wildman–Crippen LogP) is 2.75. The fraction of sp³-hybridized carbons (Fsp3) is 0.636. The summed E-state index contributed by atoms with van der Waals surface area (Å²) in [6, 6.07) is 8.05. The molecule has 0 aliphatic carbocycles. The maximum atomic E-state index is 12.5. The van der Waals surface area contributed by atoms with Crippen LogP contribution in [-0.4, -0.2) is 52.9 Å². The molecule has 0 saturated carbocycles. The molecule has 0 radical (unpaired) electrons. The summed E-state index contributed by atoms with van der Waals surface area (Å²) in [4.78, 5) is 28.8. The Labute approximate surface area is 162 Å². The van der Waals surface area contributed by atoms with Crippen molar-refractivity contribution in [2.45, 2.75) is 58.0 Å². The number of carbonyl (C=O) groups excluding carboxylic acids is 2. The van der Waals surface area contributed by atoms with Gasteiger partial charge in [-0.1, -0.05) is 37.1 Å². The molecule has 1 aromatic carbocycles.